The molecule has 1 aliphatic rings. The van der Waals surface area contributed by atoms with E-state index in [9.17, 15) is 4.79 Å². The molecule has 1 aliphatic carbocycles. The van der Waals surface area contributed by atoms with Gasteiger partial charge in [0, 0.05) is 23.5 Å². The van der Waals surface area contributed by atoms with E-state index in [1.807, 2.05) is 0 Å². The van der Waals surface area contributed by atoms with Gasteiger partial charge in [-0.2, -0.15) is 0 Å². The summed E-state index contributed by atoms with van der Waals surface area (Å²) in [6, 6.07) is 4.98. The molecule has 3 rings (SSSR count). The molecule has 5 nitrogen and oxygen atoms in total. The van der Waals surface area contributed by atoms with E-state index >= 15 is 0 Å². The highest BCUT2D eigenvalue weighted by Crippen LogP contribution is 2.24. The Labute approximate surface area is 150 Å². The van der Waals surface area contributed by atoms with Gasteiger partial charge in [-0.05, 0) is 43.9 Å². The molecule has 126 valence electrons. The maximum atomic E-state index is 12.4. The van der Waals surface area contributed by atoms with Crippen molar-refractivity contribution in [2.24, 2.45) is 0 Å². The molecule has 2 aromatic rings. The highest BCUT2D eigenvalue weighted by molar-refractivity contribution is 6.35. The zero-order valence-electron chi connectivity index (χ0n) is 12.9. The number of benzene rings is 1. The minimum atomic E-state index is -0.194. The van der Waals surface area contributed by atoms with Gasteiger partial charge in [0.1, 0.15) is 6.10 Å². The van der Waals surface area contributed by atoms with Crippen molar-refractivity contribution in [3.63, 3.8) is 0 Å². The number of hydrogen-bond acceptors (Lipinski definition) is 4. The van der Waals surface area contributed by atoms with Gasteiger partial charge in [0.15, 0.2) is 0 Å². The lowest BCUT2D eigenvalue weighted by molar-refractivity contribution is 0.0890. The van der Waals surface area contributed by atoms with Crippen LogP contribution < -0.4 is 10.1 Å². The monoisotopic (exact) mass is 365 g/mol. The van der Waals surface area contributed by atoms with Gasteiger partial charge in [0.25, 0.3) is 5.91 Å². The molecule has 0 radical (unpaired) electrons. The second-order valence-electron chi connectivity index (χ2n) is 5.73. The molecule has 24 heavy (non-hydrogen) atoms. The van der Waals surface area contributed by atoms with Crippen LogP contribution in [0.1, 0.15) is 36.0 Å². The molecule has 0 aliphatic heterocycles. The smallest absolute Gasteiger partial charge is 0.253 e. The summed E-state index contributed by atoms with van der Waals surface area (Å²) < 4.78 is 5.80. The number of ether oxygens (including phenoxy) is 1. The molecule has 0 unspecified atom stereocenters. The molecule has 1 aromatic carbocycles. The number of amides is 1. The minimum absolute atomic E-state index is 0.101. The van der Waals surface area contributed by atoms with Crippen LogP contribution in [0.25, 0.3) is 0 Å². The molecule has 0 spiro atoms. The van der Waals surface area contributed by atoms with E-state index in [0.717, 1.165) is 25.7 Å². The lowest BCUT2D eigenvalue weighted by atomic mass is 9.92. The largest absolute Gasteiger partial charge is 0.473 e. The van der Waals surface area contributed by atoms with Gasteiger partial charge in [-0.15, -0.1) is 0 Å². The molecule has 0 atom stereocenters. The summed E-state index contributed by atoms with van der Waals surface area (Å²) in [7, 11) is 0. The zero-order valence-corrected chi connectivity index (χ0v) is 14.4. The maximum Gasteiger partial charge on any atom is 0.253 e. The third-order valence-electron chi connectivity index (χ3n) is 4.01. The summed E-state index contributed by atoms with van der Waals surface area (Å²) in [4.78, 5) is 20.5. The van der Waals surface area contributed by atoms with Gasteiger partial charge in [-0.3, -0.25) is 9.78 Å². The zero-order chi connectivity index (χ0) is 16.9. The lowest BCUT2D eigenvalue weighted by Crippen LogP contribution is -2.39. The SMILES string of the molecule is O=C(NC1CCC(Oc2cnccn2)CC1)c1cc(Cl)ccc1Cl. The standard InChI is InChI=1S/C17H17Cl2N3O2/c18-11-1-6-15(19)14(9-11)17(23)22-12-2-4-13(5-3-12)24-16-10-20-7-8-21-16/h1,6-10,12-13H,2-5H2,(H,22,23). The Morgan fingerprint density at radius 3 is 2.67 bits per heavy atom. The fourth-order valence-corrected chi connectivity index (χ4v) is 3.15. The van der Waals surface area contributed by atoms with Gasteiger partial charge in [-0.1, -0.05) is 23.2 Å². The number of rotatable bonds is 4. The van der Waals surface area contributed by atoms with Crippen molar-refractivity contribution in [3.8, 4) is 5.88 Å². The van der Waals surface area contributed by atoms with Gasteiger partial charge in [-0.25, -0.2) is 4.98 Å². The average Bonchev–Trinajstić information content (AvgIpc) is 2.59. The molecule has 7 heteroatoms. The van der Waals surface area contributed by atoms with Crippen LogP contribution in [0.3, 0.4) is 0 Å². The molecule has 1 saturated carbocycles. The first kappa shape index (κ1) is 17.0. The van der Waals surface area contributed by atoms with E-state index in [-0.39, 0.29) is 18.1 Å². The molecule has 1 N–H and O–H groups in total. The summed E-state index contributed by atoms with van der Waals surface area (Å²) >= 11 is 12.0. The third kappa shape index (κ3) is 4.36. The van der Waals surface area contributed by atoms with Crippen molar-refractivity contribution in [1.29, 1.82) is 0 Å². The van der Waals surface area contributed by atoms with Crippen molar-refractivity contribution in [3.05, 3.63) is 52.4 Å². The van der Waals surface area contributed by atoms with Crippen molar-refractivity contribution in [1.82, 2.24) is 15.3 Å². The minimum Gasteiger partial charge on any atom is -0.473 e. The van der Waals surface area contributed by atoms with E-state index in [2.05, 4.69) is 15.3 Å². The van der Waals surface area contributed by atoms with Gasteiger partial charge >= 0.3 is 0 Å². The summed E-state index contributed by atoms with van der Waals surface area (Å²) in [5.74, 6) is 0.344. The number of hydrogen-bond donors (Lipinski definition) is 1. The van der Waals surface area contributed by atoms with Gasteiger partial charge < -0.3 is 10.1 Å². The lowest BCUT2D eigenvalue weighted by Gasteiger charge is -2.29. The van der Waals surface area contributed by atoms with Crippen LogP contribution in [0.5, 0.6) is 5.88 Å². The molecule has 0 saturated heterocycles. The number of carbonyl (C=O) groups excluding carboxylic acids is 1. The van der Waals surface area contributed by atoms with Gasteiger partial charge in [0.05, 0.1) is 16.8 Å². The Balaban J connectivity index is 1.52. The van der Waals surface area contributed by atoms with Crippen molar-refractivity contribution in [2.45, 2.75) is 37.8 Å². The van der Waals surface area contributed by atoms with E-state index in [1.54, 1.807) is 36.8 Å². The Morgan fingerprint density at radius 1 is 1.17 bits per heavy atom. The fourth-order valence-electron chi connectivity index (χ4n) is 2.78. The number of aromatic nitrogens is 2. The molecular formula is C17H17Cl2N3O2. The normalized spacial score (nSPS) is 20.4. The van der Waals surface area contributed by atoms with E-state index in [4.69, 9.17) is 27.9 Å². The number of carbonyl (C=O) groups is 1. The van der Waals surface area contributed by atoms with Crippen LogP contribution >= 0.6 is 23.2 Å². The predicted molar refractivity (Wildman–Crippen MR) is 92.6 cm³/mol. The predicted octanol–water partition coefficient (Wildman–Crippen LogP) is 3.90. The fraction of sp³-hybridized carbons (Fsp3) is 0.353. The summed E-state index contributed by atoms with van der Waals surface area (Å²) in [5.41, 5.74) is 0.405. The van der Waals surface area contributed by atoms with Crippen LogP contribution in [-0.2, 0) is 0 Å². The Hall–Kier alpha value is -1.85. The third-order valence-corrected chi connectivity index (χ3v) is 4.57. The van der Waals surface area contributed by atoms with Crippen molar-refractivity contribution >= 4 is 29.1 Å². The van der Waals surface area contributed by atoms with E-state index in [0.29, 0.717) is 21.5 Å². The summed E-state index contributed by atoms with van der Waals surface area (Å²) in [6.45, 7) is 0. The molecule has 1 heterocycles. The average molecular weight is 366 g/mol. The van der Waals surface area contributed by atoms with Gasteiger partial charge in [0.2, 0.25) is 5.88 Å². The second kappa shape index (κ2) is 7.81. The highest BCUT2D eigenvalue weighted by atomic mass is 35.5. The molecular weight excluding hydrogens is 349 g/mol. The second-order valence-corrected chi connectivity index (χ2v) is 6.58. The number of nitrogens with one attached hydrogen (secondary N) is 1. The first-order chi connectivity index (χ1) is 11.6. The number of nitrogens with zero attached hydrogens (tertiary/aromatic N) is 2. The van der Waals surface area contributed by atoms with E-state index in [1.165, 1.54) is 0 Å². The van der Waals surface area contributed by atoms with Crippen LogP contribution in [-0.4, -0.2) is 28.0 Å². The summed E-state index contributed by atoms with van der Waals surface area (Å²) in [5, 5.41) is 3.91. The molecule has 1 aromatic heterocycles. The van der Waals surface area contributed by atoms with Crippen LogP contribution in [0.4, 0.5) is 0 Å². The molecule has 0 bridgehead atoms. The van der Waals surface area contributed by atoms with Crippen LogP contribution in [0.2, 0.25) is 10.0 Å². The first-order valence-corrected chi connectivity index (χ1v) is 8.56. The first-order valence-electron chi connectivity index (χ1n) is 7.80. The topological polar surface area (TPSA) is 64.1 Å². The molecule has 1 amide bonds. The van der Waals surface area contributed by atoms with Crippen molar-refractivity contribution < 1.29 is 9.53 Å². The highest BCUT2D eigenvalue weighted by Gasteiger charge is 2.24. The van der Waals surface area contributed by atoms with Crippen molar-refractivity contribution in [2.75, 3.05) is 0 Å². The van der Waals surface area contributed by atoms with Crippen LogP contribution in [0.15, 0.2) is 36.8 Å². The Bertz CT molecular complexity index is 704. The number of halogens is 2. The Kier molecular flexibility index (Phi) is 5.53. The van der Waals surface area contributed by atoms with E-state index < -0.39 is 0 Å². The maximum absolute atomic E-state index is 12.4. The van der Waals surface area contributed by atoms with Crippen LogP contribution in [0, 0.1) is 0 Å². The molecule has 1 fully saturated rings. The quantitative estimate of drug-likeness (QED) is 0.891. The summed E-state index contributed by atoms with van der Waals surface area (Å²) in [6.07, 6.45) is 8.31. The Morgan fingerprint density at radius 2 is 1.96 bits per heavy atom.